The van der Waals surface area contributed by atoms with Crippen LogP contribution in [0.3, 0.4) is 0 Å². The molecule has 0 saturated heterocycles. The van der Waals surface area contributed by atoms with Crippen LogP contribution in [0.15, 0.2) is 0 Å². The Bertz CT molecular complexity index is 403. The van der Waals surface area contributed by atoms with Gasteiger partial charge in [-0.15, -0.1) is 0 Å². The van der Waals surface area contributed by atoms with Gasteiger partial charge in [0, 0.05) is 13.6 Å². The first-order valence-electron chi connectivity index (χ1n) is 5.07. The SMILES string of the molecule is Cc1nc(CN(C)C(=O)NCCC(=O)O)n[nH]1. The van der Waals surface area contributed by atoms with Crippen LogP contribution in [0.2, 0.25) is 0 Å². The number of carbonyl (C=O) groups is 2. The molecule has 0 fully saturated rings. The maximum atomic E-state index is 11.5. The molecule has 0 atom stereocenters. The summed E-state index contributed by atoms with van der Waals surface area (Å²) in [6, 6.07) is -0.353. The fraction of sp³-hybridized carbons (Fsp3) is 0.556. The molecule has 0 aliphatic rings. The number of H-pyrrole nitrogens is 1. The minimum Gasteiger partial charge on any atom is -0.481 e. The second kappa shape index (κ2) is 5.83. The van der Waals surface area contributed by atoms with Gasteiger partial charge in [0.15, 0.2) is 5.82 Å². The summed E-state index contributed by atoms with van der Waals surface area (Å²) in [5.41, 5.74) is 0. The van der Waals surface area contributed by atoms with Crippen LogP contribution in [0, 0.1) is 6.92 Å². The molecule has 1 heterocycles. The summed E-state index contributed by atoms with van der Waals surface area (Å²) in [6.45, 7) is 2.14. The number of hydrogen-bond donors (Lipinski definition) is 3. The number of aromatic nitrogens is 3. The van der Waals surface area contributed by atoms with Crippen LogP contribution in [-0.4, -0.2) is 50.8 Å². The fourth-order valence-electron chi connectivity index (χ4n) is 1.15. The summed E-state index contributed by atoms with van der Waals surface area (Å²) in [5, 5.41) is 17.5. The Balaban J connectivity index is 2.34. The van der Waals surface area contributed by atoms with Crippen LogP contribution in [0.4, 0.5) is 4.79 Å². The Labute approximate surface area is 98.0 Å². The van der Waals surface area contributed by atoms with Gasteiger partial charge in [0.05, 0.1) is 13.0 Å². The van der Waals surface area contributed by atoms with E-state index >= 15 is 0 Å². The smallest absolute Gasteiger partial charge is 0.317 e. The minimum atomic E-state index is -0.947. The van der Waals surface area contributed by atoms with Crippen molar-refractivity contribution in [3.8, 4) is 0 Å². The van der Waals surface area contributed by atoms with Crippen LogP contribution in [0.1, 0.15) is 18.1 Å². The van der Waals surface area contributed by atoms with Crippen LogP contribution < -0.4 is 5.32 Å². The number of urea groups is 1. The number of amides is 2. The first-order chi connectivity index (χ1) is 7.99. The number of rotatable bonds is 5. The molecule has 94 valence electrons. The summed E-state index contributed by atoms with van der Waals surface area (Å²) in [6.07, 6.45) is -0.0979. The van der Waals surface area contributed by atoms with Crippen molar-refractivity contribution in [1.82, 2.24) is 25.4 Å². The van der Waals surface area contributed by atoms with E-state index in [1.54, 1.807) is 14.0 Å². The Hall–Kier alpha value is -2.12. The highest BCUT2D eigenvalue weighted by Crippen LogP contribution is 1.96. The third-order valence-corrected chi connectivity index (χ3v) is 1.98. The second-order valence-electron chi connectivity index (χ2n) is 3.57. The summed E-state index contributed by atoms with van der Waals surface area (Å²) in [7, 11) is 1.59. The molecule has 3 N–H and O–H groups in total. The van der Waals surface area contributed by atoms with E-state index in [1.165, 1.54) is 4.90 Å². The standard InChI is InChI=1S/C9H15N5O3/c1-6-11-7(13-12-6)5-14(2)9(17)10-4-3-8(15)16/h3-5H2,1-2H3,(H,10,17)(H,15,16)(H,11,12,13). The lowest BCUT2D eigenvalue weighted by atomic mass is 10.4. The number of nitrogens with zero attached hydrogens (tertiary/aromatic N) is 3. The highest BCUT2D eigenvalue weighted by Gasteiger charge is 2.11. The van der Waals surface area contributed by atoms with Crippen molar-refractivity contribution in [2.24, 2.45) is 0 Å². The molecule has 0 aliphatic carbocycles. The highest BCUT2D eigenvalue weighted by molar-refractivity contribution is 5.74. The van der Waals surface area contributed by atoms with Crippen LogP contribution in [0.25, 0.3) is 0 Å². The largest absolute Gasteiger partial charge is 0.481 e. The molecule has 8 nitrogen and oxygen atoms in total. The van der Waals surface area contributed by atoms with Gasteiger partial charge in [-0.3, -0.25) is 9.89 Å². The molecule has 8 heteroatoms. The molecule has 1 aromatic heterocycles. The molecule has 0 unspecified atom stereocenters. The zero-order chi connectivity index (χ0) is 12.8. The molecule has 17 heavy (non-hydrogen) atoms. The van der Waals surface area contributed by atoms with Crippen LogP contribution in [0.5, 0.6) is 0 Å². The van der Waals surface area contributed by atoms with Gasteiger partial charge in [0.25, 0.3) is 0 Å². The van der Waals surface area contributed by atoms with Crippen molar-refractivity contribution in [3.63, 3.8) is 0 Å². The lowest BCUT2D eigenvalue weighted by Crippen LogP contribution is -2.38. The predicted molar refractivity (Wildman–Crippen MR) is 58.2 cm³/mol. The van der Waals surface area contributed by atoms with Gasteiger partial charge in [-0.2, -0.15) is 5.10 Å². The third-order valence-electron chi connectivity index (χ3n) is 1.98. The van der Waals surface area contributed by atoms with E-state index in [4.69, 9.17) is 5.11 Å². The first-order valence-corrected chi connectivity index (χ1v) is 5.07. The minimum absolute atomic E-state index is 0.0979. The van der Waals surface area contributed by atoms with Crippen molar-refractivity contribution in [3.05, 3.63) is 11.6 Å². The van der Waals surface area contributed by atoms with Crippen molar-refractivity contribution in [2.45, 2.75) is 19.9 Å². The van der Waals surface area contributed by atoms with Gasteiger partial charge >= 0.3 is 12.0 Å². The summed E-state index contributed by atoms with van der Waals surface area (Å²) >= 11 is 0. The first kappa shape index (κ1) is 12.9. The van der Waals surface area contributed by atoms with E-state index in [2.05, 4.69) is 20.5 Å². The number of hydrogen-bond acceptors (Lipinski definition) is 4. The van der Waals surface area contributed by atoms with E-state index < -0.39 is 5.97 Å². The van der Waals surface area contributed by atoms with Gasteiger partial charge in [0.2, 0.25) is 0 Å². The number of nitrogens with one attached hydrogen (secondary N) is 2. The maximum Gasteiger partial charge on any atom is 0.317 e. The average Bonchev–Trinajstić information content (AvgIpc) is 2.63. The van der Waals surface area contributed by atoms with Gasteiger partial charge in [-0.1, -0.05) is 0 Å². The fourth-order valence-corrected chi connectivity index (χ4v) is 1.15. The number of aryl methyl sites for hydroxylation is 1. The quantitative estimate of drug-likeness (QED) is 0.657. The number of carbonyl (C=O) groups excluding carboxylic acids is 1. The maximum absolute atomic E-state index is 11.5. The van der Waals surface area contributed by atoms with E-state index in [0.29, 0.717) is 11.6 Å². The molecule has 0 aromatic carbocycles. The van der Waals surface area contributed by atoms with E-state index in [-0.39, 0.29) is 25.5 Å². The predicted octanol–water partition coefficient (Wildman–Crippen LogP) is -0.271. The Morgan fingerprint density at radius 2 is 2.24 bits per heavy atom. The molecule has 0 radical (unpaired) electrons. The molecule has 0 bridgehead atoms. The molecule has 1 rings (SSSR count). The number of aliphatic carboxylic acids is 1. The second-order valence-corrected chi connectivity index (χ2v) is 3.57. The lowest BCUT2D eigenvalue weighted by molar-refractivity contribution is -0.136. The number of aromatic amines is 1. The highest BCUT2D eigenvalue weighted by atomic mass is 16.4. The number of carboxylic acids is 1. The third kappa shape index (κ3) is 4.49. The van der Waals surface area contributed by atoms with Crippen molar-refractivity contribution in [1.29, 1.82) is 0 Å². The van der Waals surface area contributed by atoms with E-state index in [9.17, 15) is 9.59 Å². The Morgan fingerprint density at radius 3 is 2.76 bits per heavy atom. The van der Waals surface area contributed by atoms with Gasteiger partial charge in [-0.25, -0.2) is 9.78 Å². The molecular formula is C9H15N5O3. The molecule has 1 aromatic rings. The van der Waals surface area contributed by atoms with Crippen molar-refractivity contribution >= 4 is 12.0 Å². The van der Waals surface area contributed by atoms with Crippen molar-refractivity contribution in [2.75, 3.05) is 13.6 Å². The number of carboxylic acid groups (broad SMARTS) is 1. The molecule has 0 saturated carbocycles. The Morgan fingerprint density at radius 1 is 1.53 bits per heavy atom. The summed E-state index contributed by atoms with van der Waals surface area (Å²) in [4.78, 5) is 27.2. The Kier molecular flexibility index (Phi) is 4.44. The summed E-state index contributed by atoms with van der Waals surface area (Å²) in [5.74, 6) is 0.246. The van der Waals surface area contributed by atoms with Gasteiger partial charge in [-0.05, 0) is 6.92 Å². The van der Waals surface area contributed by atoms with E-state index in [0.717, 1.165) is 0 Å². The molecular weight excluding hydrogens is 226 g/mol. The molecule has 0 spiro atoms. The normalized spacial score (nSPS) is 10.0. The topological polar surface area (TPSA) is 111 Å². The van der Waals surface area contributed by atoms with Gasteiger partial charge in [0.1, 0.15) is 5.82 Å². The molecule has 0 aliphatic heterocycles. The van der Waals surface area contributed by atoms with Crippen molar-refractivity contribution < 1.29 is 14.7 Å². The zero-order valence-corrected chi connectivity index (χ0v) is 9.73. The zero-order valence-electron chi connectivity index (χ0n) is 9.73. The van der Waals surface area contributed by atoms with Crippen LogP contribution >= 0.6 is 0 Å². The average molecular weight is 241 g/mol. The lowest BCUT2D eigenvalue weighted by Gasteiger charge is -2.15. The van der Waals surface area contributed by atoms with Crippen LogP contribution in [-0.2, 0) is 11.3 Å². The monoisotopic (exact) mass is 241 g/mol. The van der Waals surface area contributed by atoms with E-state index in [1.807, 2.05) is 0 Å². The summed E-state index contributed by atoms with van der Waals surface area (Å²) < 4.78 is 0. The molecule has 2 amide bonds. The van der Waals surface area contributed by atoms with Gasteiger partial charge < -0.3 is 15.3 Å².